The molecule has 351 valence electrons. The molecule has 1 radical (unpaired) electrons. The molecule has 8 aromatic rings. The van der Waals surface area contributed by atoms with Gasteiger partial charge in [0.2, 0.25) is 11.8 Å². The molecule has 0 aliphatic carbocycles. The van der Waals surface area contributed by atoms with Gasteiger partial charge in [0, 0.05) is 70.2 Å². The van der Waals surface area contributed by atoms with Crippen LogP contribution in [0, 0.1) is 13.0 Å². The summed E-state index contributed by atoms with van der Waals surface area (Å²) in [7, 11) is 0. The van der Waals surface area contributed by atoms with E-state index in [0.29, 0.717) is 48.0 Å². The maximum absolute atomic E-state index is 12.2. The van der Waals surface area contributed by atoms with Crippen molar-refractivity contribution in [2.24, 2.45) is 0 Å². The summed E-state index contributed by atoms with van der Waals surface area (Å²) >= 11 is 0. The first-order valence-corrected chi connectivity index (χ1v) is 22.0. The van der Waals surface area contributed by atoms with Crippen LogP contribution in [0.25, 0.3) is 33.3 Å². The monoisotopic (exact) mass is 1000 g/mol. The standard InChI is InChI=1S/C25H24N6O2.C14H18N6O.C12H9O.CH4.Y/c1-2-21(32)30-14-6-7-18(15-30)31-25-22(24(26)27-16-28-25)23(29-31)17-10-12-20(13-11-17)33-19-8-4-3-5-9-19;1-3-11(21)19-6-4-5-10(7-19)20-14-12(9(2)18-20)13(15)16-8-17-14;1-3-7-11(8-4-1)13-12-9-5-2-6-10-12;;/h2-5,8-13,16,18H,1,6-7,14-15H2,(H2,26,27,28);3,8,10H,1,4-7H2,2H3,(H2,15,16,17);1,3-10H;1H4;/q;;-1;;/t18-;10-;;;/m11.../s1. The minimum Gasteiger partial charge on any atom is -0.483 e. The van der Waals surface area contributed by atoms with Crippen LogP contribution in [0.15, 0.2) is 147 Å². The number of nitrogens with zero attached hydrogens (tertiary/aromatic N) is 10. The number of nitrogens with two attached hydrogens (primary N) is 2. The third kappa shape index (κ3) is 12.2. The number of aryl methyl sites for hydroxylation is 1. The molecule has 2 saturated heterocycles. The van der Waals surface area contributed by atoms with Crippen LogP contribution in [-0.4, -0.2) is 87.3 Å². The van der Waals surface area contributed by atoms with Crippen LogP contribution in [-0.2, 0) is 42.3 Å². The van der Waals surface area contributed by atoms with Gasteiger partial charge in [0.25, 0.3) is 0 Å². The van der Waals surface area contributed by atoms with Gasteiger partial charge in [-0.15, -0.1) is 12.1 Å². The number of piperidine rings is 2. The molecule has 69 heavy (non-hydrogen) atoms. The fourth-order valence-corrected chi connectivity index (χ4v) is 8.21. The molecule has 2 aliphatic rings. The van der Waals surface area contributed by atoms with Crippen molar-refractivity contribution in [3.05, 3.63) is 159 Å². The average molecular weight is 1000 g/mol. The van der Waals surface area contributed by atoms with Gasteiger partial charge in [0.15, 0.2) is 11.3 Å². The summed E-state index contributed by atoms with van der Waals surface area (Å²) in [5.74, 6) is 3.90. The number of ether oxygens (including phenoxy) is 2. The van der Waals surface area contributed by atoms with Crippen LogP contribution in [0.1, 0.15) is 50.9 Å². The van der Waals surface area contributed by atoms with Gasteiger partial charge in [0.05, 0.1) is 28.6 Å². The average Bonchev–Trinajstić information content (AvgIpc) is 3.94. The molecule has 10 rings (SSSR count). The number of benzene rings is 4. The van der Waals surface area contributed by atoms with E-state index >= 15 is 0 Å². The van der Waals surface area contributed by atoms with E-state index in [1.54, 1.807) is 9.80 Å². The van der Waals surface area contributed by atoms with Gasteiger partial charge in [-0.1, -0.05) is 57.0 Å². The number of rotatable bonds is 9. The second-order valence-electron chi connectivity index (χ2n) is 15.9. The van der Waals surface area contributed by atoms with Crippen molar-refractivity contribution < 1.29 is 51.8 Å². The Labute approximate surface area is 427 Å². The smallest absolute Gasteiger partial charge is 0.246 e. The number of likely N-dealkylation sites (tertiary alicyclic amines) is 2. The SMILES string of the molecule is C.C=CC(=O)N1CCC[C@@H](n2nc(-c3ccc(Oc4ccccc4)cc3)c3c(N)ncnc32)C1.C=CC(=O)N1CCC[C@@H](n2nc(C)c3c(N)ncnc32)C1.[Y].[c-]1ccc(Oc2ccccc2)cc1. The van der Waals surface area contributed by atoms with Crippen LogP contribution >= 0.6 is 0 Å². The van der Waals surface area contributed by atoms with E-state index in [1.165, 1.54) is 24.8 Å². The molecule has 4 aromatic carbocycles. The fourth-order valence-electron chi connectivity index (χ4n) is 8.21. The Morgan fingerprint density at radius 3 is 1.59 bits per heavy atom. The van der Waals surface area contributed by atoms with E-state index < -0.39 is 0 Å². The fraction of sp³-hybridized carbons (Fsp3) is 0.231. The summed E-state index contributed by atoms with van der Waals surface area (Å²) in [6.07, 6.45) is 9.28. The second-order valence-corrected chi connectivity index (χ2v) is 15.9. The molecule has 6 heterocycles. The number of para-hydroxylation sites is 2. The Bertz CT molecular complexity index is 2930. The number of fused-ring (bicyclic) bond motifs is 2. The molecule has 16 nitrogen and oxygen atoms in total. The Balaban J connectivity index is 0.000000186. The molecule has 2 fully saturated rings. The summed E-state index contributed by atoms with van der Waals surface area (Å²) in [5, 5.41) is 11.0. The molecule has 4 aromatic heterocycles. The first-order chi connectivity index (χ1) is 32.7. The van der Waals surface area contributed by atoms with Gasteiger partial charge in [-0.2, -0.15) is 28.4 Å². The predicted octanol–water partition coefficient (Wildman–Crippen LogP) is 9.20. The Morgan fingerprint density at radius 2 is 1.09 bits per heavy atom. The number of carbonyl (C=O) groups is 2. The zero-order valence-electron chi connectivity index (χ0n) is 37.8. The molecule has 2 aliphatic heterocycles. The minimum absolute atomic E-state index is 0. The number of hydrogen-bond acceptors (Lipinski definition) is 12. The number of amides is 2. The predicted molar refractivity (Wildman–Crippen MR) is 265 cm³/mol. The van der Waals surface area contributed by atoms with E-state index in [1.807, 2.05) is 125 Å². The number of anilines is 2. The first kappa shape index (κ1) is 51.1. The summed E-state index contributed by atoms with van der Waals surface area (Å²) in [6, 6.07) is 37.5. The third-order valence-electron chi connectivity index (χ3n) is 11.4. The van der Waals surface area contributed by atoms with E-state index in [4.69, 9.17) is 26.0 Å². The van der Waals surface area contributed by atoms with Gasteiger partial charge >= 0.3 is 0 Å². The van der Waals surface area contributed by atoms with E-state index in [2.05, 4.69) is 44.3 Å². The second kappa shape index (κ2) is 24.1. The summed E-state index contributed by atoms with van der Waals surface area (Å²) in [4.78, 5) is 44.6. The van der Waals surface area contributed by atoms with Crippen LogP contribution < -0.4 is 20.9 Å². The molecule has 2 amide bonds. The van der Waals surface area contributed by atoms with E-state index in [9.17, 15) is 9.59 Å². The molecule has 0 saturated carbocycles. The van der Waals surface area contributed by atoms with Crippen LogP contribution in [0.5, 0.6) is 23.0 Å². The van der Waals surface area contributed by atoms with Crippen LogP contribution in [0.3, 0.4) is 0 Å². The first-order valence-electron chi connectivity index (χ1n) is 22.0. The van der Waals surface area contributed by atoms with Crippen molar-refractivity contribution in [2.75, 3.05) is 37.6 Å². The number of carbonyl (C=O) groups excluding carboxylic acids is 2. The Kier molecular flexibility index (Phi) is 17.9. The van der Waals surface area contributed by atoms with Crippen molar-refractivity contribution in [1.29, 1.82) is 0 Å². The van der Waals surface area contributed by atoms with Crippen molar-refractivity contribution in [3.63, 3.8) is 0 Å². The topological polar surface area (TPSA) is 198 Å². The zero-order valence-corrected chi connectivity index (χ0v) is 40.6. The summed E-state index contributed by atoms with van der Waals surface area (Å²) in [5.41, 5.74) is 16.0. The Morgan fingerprint density at radius 1 is 0.638 bits per heavy atom. The summed E-state index contributed by atoms with van der Waals surface area (Å²) < 4.78 is 15.2. The normalized spacial score (nSPS) is 15.2. The molecule has 0 spiro atoms. The van der Waals surface area contributed by atoms with Crippen molar-refractivity contribution in [3.8, 4) is 34.3 Å². The van der Waals surface area contributed by atoms with Crippen LogP contribution in [0.2, 0.25) is 0 Å². The van der Waals surface area contributed by atoms with E-state index in [-0.39, 0.29) is 64.0 Å². The molecule has 17 heteroatoms. The number of hydrogen-bond donors (Lipinski definition) is 2. The zero-order chi connectivity index (χ0) is 46.7. The van der Waals surface area contributed by atoms with Gasteiger partial charge < -0.3 is 30.7 Å². The molecular weight excluding hydrogens is 946 g/mol. The van der Waals surface area contributed by atoms with E-state index in [0.717, 1.165) is 77.5 Å². The van der Waals surface area contributed by atoms with Gasteiger partial charge in [-0.05, 0) is 93.3 Å². The van der Waals surface area contributed by atoms with Gasteiger partial charge in [0.1, 0.15) is 47.2 Å². The van der Waals surface area contributed by atoms with Crippen molar-refractivity contribution >= 4 is 45.5 Å². The van der Waals surface area contributed by atoms with Crippen molar-refractivity contribution in [1.82, 2.24) is 49.3 Å². The summed E-state index contributed by atoms with van der Waals surface area (Å²) in [6.45, 7) is 11.7. The number of aromatic nitrogens is 8. The van der Waals surface area contributed by atoms with Crippen molar-refractivity contribution in [2.45, 2.75) is 52.1 Å². The third-order valence-corrected chi connectivity index (χ3v) is 11.4. The Hall–Kier alpha value is -7.30. The molecule has 0 bridgehead atoms. The molecule has 0 unspecified atom stereocenters. The number of nitrogen functional groups attached to an aromatic ring is 2. The van der Waals surface area contributed by atoms with Gasteiger partial charge in [-0.25, -0.2) is 29.3 Å². The minimum atomic E-state index is -0.0699. The largest absolute Gasteiger partial charge is 0.483 e. The maximum Gasteiger partial charge on any atom is 0.246 e. The quantitative estimate of drug-likeness (QED) is 0.103. The van der Waals surface area contributed by atoms with Crippen LogP contribution in [0.4, 0.5) is 11.6 Å². The molecule has 2 atom stereocenters. The molecular formula is C52H55N12O4Y-. The maximum atomic E-state index is 12.2. The van der Waals surface area contributed by atoms with Gasteiger partial charge in [-0.3, -0.25) is 9.59 Å². The molecule has 4 N–H and O–H groups in total.